The number of aliphatic hydroxyl groups is 1. The van der Waals surface area contributed by atoms with Gasteiger partial charge in [-0.2, -0.15) is 0 Å². The second kappa shape index (κ2) is 4.79. The molecule has 1 aromatic rings. The van der Waals surface area contributed by atoms with Gasteiger partial charge in [-0.1, -0.05) is 18.2 Å². The number of nitrogens with one attached hydrogen (secondary N) is 1. The molecule has 3 rings (SSSR count). The van der Waals surface area contributed by atoms with Crippen LogP contribution in [0.2, 0.25) is 0 Å². The van der Waals surface area contributed by atoms with E-state index < -0.39 is 0 Å². The van der Waals surface area contributed by atoms with E-state index in [2.05, 4.69) is 23.5 Å². The first kappa shape index (κ1) is 11.2. The van der Waals surface area contributed by atoms with Crippen molar-refractivity contribution in [1.82, 2.24) is 5.32 Å². The van der Waals surface area contributed by atoms with E-state index in [4.69, 9.17) is 0 Å². The van der Waals surface area contributed by atoms with E-state index >= 15 is 0 Å². The van der Waals surface area contributed by atoms with Crippen molar-refractivity contribution >= 4 is 0 Å². The Morgan fingerprint density at radius 1 is 1.24 bits per heavy atom. The summed E-state index contributed by atoms with van der Waals surface area (Å²) in [6.45, 7) is 1.37. The van der Waals surface area contributed by atoms with E-state index in [0.717, 1.165) is 19.4 Å². The van der Waals surface area contributed by atoms with E-state index in [1.54, 1.807) is 11.1 Å². The standard InChI is InChI=1S/C15H21NO/c17-10-11-6-7-16-15(8-11)14-5-4-12-2-1-3-13(12)9-14/h4-5,9,11,15-17H,1-3,6-8,10H2. The molecule has 1 aliphatic carbocycles. The van der Waals surface area contributed by atoms with Crippen LogP contribution in [0.4, 0.5) is 0 Å². The molecule has 0 radical (unpaired) electrons. The summed E-state index contributed by atoms with van der Waals surface area (Å²) in [5.41, 5.74) is 4.52. The van der Waals surface area contributed by atoms with Crippen molar-refractivity contribution in [3.63, 3.8) is 0 Å². The van der Waals surface area contributed by atoms with Gasteiger partial charge in [0.2, 0.25) is 0 Å². The van der Waals surface area contributed by atoms with Gasteiger partial charge in [0.15, 0.2) is 0 Å². The van der Waals surface area contributed by atoms with Gasteiger partial charge in [0, 0.05) is 12.6 Å². The minimum atomic E-state index is 0.336. The van der Waals surface area contributed by atoms with E-state index in [1.807, 2.05) is 0 Å². The summed E-state index contributed by atoms with van der Waals surface area (Å²) < 4.78 is 0. The number of aliphatic hydroxyl groups excluding tert-OH is 1. The van der Waals surface area contributed by atoms with Gasteiger partial charge in [-0.25, -0.2) is 0 Å². The summed E-state index contributed by atoms with van der Waals surface area (Å²) in [6.07, 6.45) is 6.01. The van der Waals surface area contributed by atoms with Gasteiger partial charge in [-0.3, -0.25) is 0 Å². The number of hydrogen-bond donors (Lipinski definition) is 2. The van der Waals surface area contributed by atoms with Gasteiger partial charge in [-0.15, -0.1) is 0 Å². The van der Waals surface area contributed by atoms with Crippen molar-refractivity contribution in [3.05, 3.63) is 34.9 Å². The molecule has 0 aromatic heterocycles. The summed E-state index contributed by atoms with van der Waals surface area (Å²) in [5.74, 6) is 0.481. The van der Waals surface area contributed by atoms with Crippen LogP contribution in [0, 0.1) is 5.92 Å². The molecule has 2 unspecified atom stereocenters. The number of rotatable bonds is 2. The topological polar surface area (TPSA) is 32.3 Å². The Labute approximate surface area is 103 Å². The van der Waals surface area contributed by atoms with Gasteiger partial charge in [0.05, 0.1) is 0 Å². The van der Waals surface area contributed by atoms with Crippen LogP contribution >= 0.6 is 0 Å². The molecule has 0 spiro atoms. The van der Waals surface area contributed by atoms with Crippen LogP contribution in [0.5, 0.6) is 0 Å². The molecule has 1 aliphatic heterocycles. The molecule has 2 atom stereocenters. The van der Waals surface area contributed by atoms with Crippen molar-refractivity contribution in [3.8, 4) is 0 Å². The van der Waals surface area contributed by atoms with Crippen molar-refractivity contribution in [2.45, 2.75) is 38.1 Å². The molecule has 0 saturated carbocycles. The van der Waals surface area contributed by atoms with Gasteiger partial charge < -0.3 is 10.4 Å². The second-order valence-corrected chi connectivity index (χ2v) is 5.46. The van der Waals surface area contributed by atoms with Gasteiger partial charge in [0.1, 0.15) is 0 Å². The summed E-state index contributed by atoms with van der Waals surface area (Å²) in [7, 11) is 0. The van der Waals surface area contributed by atoms with Crippen LogP contribution in [0.25, 0.3) is 0 Å². The molecular formula is C15H21NO. The van der Waals surface area contributed by atoms with Crippen molar-refractivity contribution < 1.29 is 5.11 Å². The van der Waals surface area contributed by atoms with Crippen LogP contribution in [0.15, 0.2) is 18.2 Å². The molecule has 2 heteroatoms. The minimum Gasteiger partial charge on any atom is -0.396 e. The van der Waals surface area contributed by atoms with E-state index in [-0.39, 0.29) is 0 Å². The largest absolute Gasteiger partial charge is 0.396 e. The fourth-order valence-electron chi connectivity index (χ4n) is 3.22. The summed E-state index contributed by atoms with van der Waals surface area (Å²) in [4.78, 5) is 0. The number of aryl methyl sites for hydroxylation is 2. The first-order chi connectivity index (χ1) is 8.36. The molecule has 17 heavy (non-hydrogen) atoms. The first-order valence-corrected chi connectivity index (χ1v) is 6.83. The van der Waals surface area contributed by atoms with Crippen molar-refractivity contribution in [2.24, 2.45) is 5.92 Å². The van der Waals surface area contributed by atoms with Crippen molar-refractivity contribution in [2.75, 3.05) is 13.2 Å². The predicted octanol–water partition coefficient (Wildman–Crippen LogP) is 2.21. The molecule has 1 aromatic carbocycles. The van der Waals surface area contributed by atoms with Crippen molar-refractivity contribution in [1.29, 1.82) is 0 Å². The highest BCUT2D eigenvalue weighted by atomic mass is 16.3. The van der Waals surface area contributed by atoms with Gasteiger partial charge in [-0.05, 0) is 61.3 Å². The lowest BCUT2D eigenvalue weighted by atomic mass is 9.88. The Morgan fingerprint density at radius 2 is 2.12 bits per heavy atom. The Balaban J connectivity index is 1.79. The summed E-state index contributed by atoms with van der Waals surface area (Å²) >= 11 is 0. The molecule has 1 saturated heterocycles. The fraction of sp³-hybridized carbons (Fsp3) is 0.600. The Hall–Kier alpha value is -0.860. The van der Waals surface area contributed by atoms with Crippen LogP contribution in [0.3, 0.4) is 0 Å². The fourth-order valence-corrected chi connectivity index (χ4v) is 3.22. The molecular weight excluding hydrogens is 210 g/mol. The molecule has 2 aliphatic rings. The third-order valence-corrected chi connectivity index (χ3v) is 4.30. The minimum absolute atomic E-state index is 0.336. The lowest BCUT2D eigenvalue weighted by molar-refractivity contribution is 0.176. The number of piperidine rings is 1. The summed E-state index contributed by atoms with van der Waals surface area (Å²) in [6, 6.07) is 7.43. The molecule has 1 fully saturated rings. The maximum Gasteiger partial charge on any atom is 0.0460 e. The quantitative estimate of drug-likeness (QED) is 0.818. The van der Waals surface area contributed by atoms with Crippen LogP contribution in [-0.4, -0.2) is 18.3 Å². The zero-order chi connectivity index (χ0) is 11.7. The molecule has 1 heterocycles. The van der Waals surface area contributed by atoms with E-state index in [9.17, 15) is 5.11 Å². The Kier molecular flexibility index (Phi) is 3.17. The van der Waals surface area contributed by atoms with E-state index in [1.165, 1.54) is 24.8 Å². The Morgan fingerprint density at radius 3 is 3.00 bits per heavy atom. The third kappa shape index (κ3) is 2.24. The molecule has 0 amide bonds. The predicted molar refractivity (Wildman–Crippen MR) is 69.0 cm³/mol. The van der Waals surface area contributed by atoms with E-state index in [0.29, 0.717) is 18.6 Å². The highest BCUT2D eigenvalue weighted by molar-refractivity contribution is 5.36. The van der Waals surface area contributed by atoms with Crippen LogP contribution in [-0.2, 0) is 12.8 Å². The zero-order valence-electron chi connectivity index (χ0n) is 10.3. The molecule has 0 bridgehead atoms. The zero-order valence-corrected chi connectivity index (χ0v) is 10.3. The molecule has 92 valence electrons. The summed E-state index contributed by atoms with van der Waals surface area (Å²) in [5, 5.41) is 12.9. The Bertz CT molecular complexity index is 402. The number of fused-ring (bicyclic) bond motifs is 1. The lowest BCUT2D eigenvalue weighted by Crippen LogP contribution is -2.33. The van der Waals surface area contributed by atoms with Gasteiger partial charge >= 0.3 is 0 Å². The van der Waals surface area contributed by atoms with Crippen LogP contribution < -0.4 is 5.32 Å². The molecule has 2 nitrogen and oxygen atoms in total. The van der Waals surface area contributed by atoms with Gasteiger partial charge in [0.25, 0.3) is 0 Å². The third-order valence-electron chi connectivity index (χ3n) is 4.30. The second-order valence-electron chi connectivity index (χ2n) is 5.46. The SMILES string of the molecule is OCC1CCNC(c2ccc3c(c2)CCC3)C1. The lowest BCUT2D eigenvalue weighted by Gasteiger charge is -2.30. The van der Waals surface area contributed by atoms with Crippen LogP contribution in [0.1, 0.15) is 42.0 Å². The highest BCUT2D eigenvalue weighted by Crippen LogP contribution is 2.30. The normalized spacial score (nSPS) is 28.1. The molecule has 2 N–H and O–H groups in total. The first-order valence-electron chi connectivity index (χ1n) is 6.83. The number of hydrogen-bond acceptors (Lipinski definition) is 2. The average molecular weight is 231 g/mol. The smallest absolute Gasteiger partial charge is 0.0460 e. The monoisotopic (exact) mass is 231 g/mol. The number of benzene rings is 1. The maximum atomic E-state index is 9.28. The maximum absolute atomic E-state index is 9.28. The highest BCUT2D eigenvalue weighted by Gasteiger charge is 2.23. The average Bonchev–Trinajstić information content (AvgIpc) is 2.86.